The van der Waals surface area contributed by atoms with Crippen LogP contribution in [0, 0.1) is 18.3 Å². The molecule has 6 nitrogen and oxygen atoms in total. The number of carbonyl (C=O) groups excluding carboxylic acids is 2. The van der Waals surface area contributed by atoms with Gasteiger partial charge in [0.05, 0.1) is 11.6 Å². The standard InChI is InChI=1S/C26H24N4O2/c1-19-7-4-10-20(15-19)25(31)28-23-11-5-12-24(16-23)30-14-6-13-29(26(30)32)18-22-9-3-2-8-21(22)17-27/h2-5,7-12,15-16H,6,13-14,18H2,1H3,(H,28,31). The molecule has 1 fully saturated rings. The van der Waals surface area contributed by atoms with Gasteiger partial charge in [0.25, 0.3) is 5.91 Å². The Morgan fingerprint density at radius 3 is 2.66 bits per heavy atom. The van der Waals surface area contributed by atoms with Gasteiger partial charge < -0.3 is 10.2 Å². The summed E-state index contributed by atoms with van der Waals surface area (Å²) in [6, 6.07) is 24.2. The van der Waals surface area contributed by atoms with Crippen LogP contribution in [0.2, 0.25) is 0 Å². The minimum atomic E-state index is -0.189. The van der Waals surface area contributed by atoms with Crippen molar-refractivity contribution in [3.63, 3.8) is 0 Å². The summed E-state index contributed by atoms with van der Waals surface area (Å²) in [5.41, 5.74) is 4.39. The second-order valence-corrected chi connectivity index (χ2v) is 7.85. The summed E-state index contributed by atoms with van der Waals surface area (Å²) < 4.78 is 0. The summed E-state index contributed by atoms with van der Waals surface area (Å²) in [4.78, 5) is 29.3. The average Bonchev–Trinajstić information content (AvgIpc) is 2.81. The van der Waals surface area contributed by atoms with Gasteiger partial charge in [0, 0.05) is 36.6 Å². The highest BCUT2D eigenvalue weighted by molar-refractivity contribution is 6.05. The van der Waals surface area contributed by atoms with Crippen molar-refractivity contribution in [2.75, 3.05) is 23.3 Å². The van der Waals surface area contributed by atoms with E-state index in [1.807, 2.05) is 67.6 Å². The van der Waals surface area contributed by atoms with Crippen molar-refractivity contribution in [3.05, 3.63) is 95.1 Å². The number of amides is 3. The fraction of sp³-hybridized carbons (Fsp3) is 0.192. The quantitative estimate of drug-likeness (QED) is 0.629. The van der Waals surface area contributed by atoms with Gasteiger partial charge in [0.1, 0.15) is 0 Å². The van der Waals surface area contributed by atoms with E-state index in [1.54, 1.807) is 21.9 Å². The van der Waals surface area contributed by atoms with Gasteiger partial charge in [-0.25, -0.2) is 4.79 Å². The van der Waals surface area contributed by atoms with Crippen molar-refractivity contribution < 1.29 is 9.59 Å². The fourth-order valence-corrected chi connectivity index (χ4v) is 3.88. The van der Waals surface area contributed by atoms with Crippen LogP contribution in [0.15, 0.2) is 72.8 Å². The Labute approximate surface area is 187 Å². The highest BCUT2D eigenvalue weighted by Gasteiger charge is 2.27. The van der Waals surface area contributed by atoms with Gasteiger partial charge >= 0.3 is 6.03 Å². The second-order valence-electron chi connectivity index (χ2n) is 7.85. The van der Waals surface area contributed by atoms with E-state index in [9.17, 15) is 14.9 Å². The summed E-state index contributed by atoms with van der Waals surface area (Å²) in [5.74, 6) is -0.189. The van der Waals surface area contributed by atoms with Crippen molar-refractivity contribution in [1.29, 1.82) is 5.26 Å². The smallest absolute Gasteiger partial charge is 0.322 e. The largest absolute Gasteiger partial charge is 0.324 e. The Hall–Kier alpha value is -4.11. The van der Waals surface area contributed by atoms with Crippen LogP contribution in [-0.4, -0.2) is 29.9 Å². The van der Waals surface area contributed by atoms with Gasteiger partial charge in [0.15, 0.2) is 0 Å². The van der Waals surface area contributed by atoms with Crippen molar-refractivity contribution in [1.82, 2.24) is 4.90 Å². The lowest BCUT2D eigenvalue weighted by atomic mass is 10.1. The third-order valence-corrected chi connectivity index (χ3v) is 5.51. The first-order chi connectivity index (χ1) is 15.5. The molecule has 3 aromatic carbocycles. The molecule has 0 bridgehead atoms. The van der Waals surface area contributed by atoms with Crippen LogP contribution in [-0.2, 0) is 6.54 Å². The zero-order valence-corrected chi connectivity index (χ0v) is 17.9. The first-order valence-electron chi connectivity index (χ1n) is 10.6. The number of nitrogens with one attached hydrogen (secondary N) is 1. The monoisotopic (exact) mass is 424 g/mol. The normalized spacial score (nSPS) is 13.6. The zero-order chi connectivity index (χ0) is 22.5. The first kappa shape index (κ1) is 21.1. The molecule has 0 unspecified atom stereocenters. The lowest BCUT2D eigenvalue weighted by Crippen LogP contribution is -2.49. The Bertz CT molecular complexity index is 1200. The van der Waals surface area contributed by atoms with Gasteiger partial charge in [0.2, 0.25) is 0 Å². The number of hydrogen-bond acceptors (Lipinski definition) is 3. The number of hydrogen-bond donors (Lipinski definition) is 1. The van der Waals surface area contributed by atoms with E-state index in [1.165, 1.54) is 0 Å². The molecule has 3 aromatic rings. The van der Waals surface area contributed by atoms with Crippen LogP contribution >= 0.6 is 0 Å². The van der Waals surface area contributed by atoms with Crippen LogP contribution in [0.5, 0.6) is 0 Å². The predicted octanol–water partition coefficient (Wildman–Crippen LogP) is 4.95. The number of nitrogens with zero attached hydrogens (tertiary/aromatic N) is 3. The van der Waals surface area contributed by atoms with Crippen molar-refractivity contribution in [2.24, 2.45) is 0 Å². The third-order valence-electron chi connectivity index (χ3n) is 5.51. The van der Waals surface area contributed by atoms with Crippen LogP contribution in [0.4, 0.5) is 16.2 Å². The predicted molar refractivity (Wildman–Crippen MR) is 125 cm³/mol. The van der Waals surface area contributed by atoms with Crippen molar-refractivity contribution >= 4 is 23.3 Å². The molecular weight excluding hydrogens is 400 g/mol. The molecule has 0 spiro atoms. The Morgan fingerprint density at radius 1 is 1.03 bits per heavy atom. The molecule has 0 radical (unpaired) electrons. The molecule has 1 aliphatic heterocycles. The molecule has 1 saturated heterocycles. The summed E-state index contributed by atoms with van der Waals surface area (Å²) in [6.45, 7) is 3.58. The van der Waals surface area contributed by atoms with Crippen molar-refractivity contribution in [2.45, 2.75) is 19.9 Å². The molecule has 4 rings (SSSR count). The average molecular weight is 425 g/mol. The number of carbonyl (C=O) groups is 2. The molecule has 0 saturated carbocycles. The van der Waals surface area contributed by atoms with Gasteiger partial charge in [-0.05, 0) is 55.3 Å². The maximum atomic E-state index is 13.2. The topological polar surface area (TPSA) is 76.4 Å². The molecule has 3 amide bonds. The van der Waals surface area contributed by atoms with Crippen molar-refractivity contribution in [3.8, 4) is 6.07 Å². The molecule has 32 heavy (non-hydrogen) atoms. The molecule has 1 heterocycles. The number of urea groups is 1. The van der Waals surface area contributed by atoms with E-state index in [0.29, 0.717) is 36.4 Å². The maximum Gasteiger partial charge on any atom is 0.324 e. The summed E-state index contributed by atoms with van der Waals surface area (Å²) in [6.07, 6.45) is 0.820. The number of aryl methyl sites for hydroxylation is 1. The van der Waals surface area contributed by atoms with Crippen LogP contribution in [0.1, 0.15) is 33.5 Å². The Kier molecular flexibility index (Phi) is 6.18. The van der Waals surface area contributed by atoms with Crippen LogP contribution in [0.25, 0.3) is 0 Å². The third kappa shape index (κ3) is 4.62. The van der Waals surface area contributed by atoms with E-state index in [0.717, 1.165) is 23.2 Å². The Balaban J connectivity index is 1.50. The highest BCUT2D eigenvalue weighted by atomic mass is 16.2. The minimum Gasteiger partial charge on any atom is -0.322 e. The van der Waals surface area contributed by atoms with Gasteiger partial charge in [-0.2, -0.15) is 5.26 Å². The molecule has 0 aliphatic carbocycles. The summed E-state index contributed by atoms with van der Waals surface area (Å²) in [7, 11) is 0. The first-order valence-corrected chi connectivity index (χ1v) is 10.6. The van der Waals surface area contributed by atoms with Crippen LogP contribution < -0.4 is 10.2 Å². The van der Waals surface area contributed by atoms with E-state index in [-0.39, 0.29) is 11.9 Å². The second kappa shape index (κ2) is 9.36. The molecular formula is C26H24N4O2. The van der Waals surface area contributed by atoms with Gasteiger partial charge in [-0.1, -0.05) is 42.0 Å². The van der Waals surface area contributed by atoms with Gasteiger partial charge in [-0.15, -0.1) is 0 Å². The molecule has 160 valence electrons. The lowest BCUT2D eigenvalue weighted by molar-refractivity contribution is 0.102. The summed E-state index contributed by atoms with van der Waals surface area (Å²) in [5, 5.41) is 12.3. The van der Waals surface area contributed by atoms with E-state index in [2.05, 4.69) is 11.4 Å². The number of nitriles is 1. The molecule has 1 aliphatic rings. The minimum absolute atomic E-state index is 0.105. The maximum absolute atomic E-state index is 13.2. The number of anilines is 2. The van der Waals surface area contributed by atoms with Crippen LogP contribution in [0.3, 0.4) is 0 Å². The zero-order valence-electron chi connectivity index (χ0n) is 17.9. The fourth-order valence-electron chi connectivity index (χ4n) is 3.88. The molecule has 0 aromatic heterocycles. The number of benzene rings is 3. The van der Waals surface area contributed by atoms with E-state index in [4.69, 9.17) is 0 Å². The number of rotatable bonds is 5. The SMILES string of the molecule is Cc1cccc(C(=O)Nc2cccc(N3CCCN(Cc4ccccc4C#N)C3=O)c2)c1. The van der Waals surface area contributed by atoms with Gasteiger partial charge in [-0.3, -0.25) is 9.69 Å². The Morgan fingerprint density at radius 2 is 1.84 bits per heavy atom. The lowest BCUT2D eigenvalue weighted by Gasteiger charge is -2.36. The van der Waals surface area contributed by atoms with E-state index >= 15 is 0 Å². The van der Waals surface area contributed by atoms with E-state index < -0.39 is 0 Å². The molecule has 0 atom stereocenters. The highest BCUT2D eigenvalue weighted by Crippen LogP contribution is 2.25. The molecule has 6 heteroatoms. The molecule has 1 N–H and O–H groups in total. The summed E-state index contributed by atoms with van der Waals surface area (Å²) >= 11 is 0.